The molecule has 0 aromatic carbocycles. The Morgan fingerprint density at radius 1 is 1.25 bits per heavy atom. The summed E-state index contributed by atoms with van der Waals surface area (Å²) in [6.07, 6.45) is 9.26. The molecule has 0 radical (unpaired) electrons. The van der Waals surface area contributed by atoms with E-state index < -0.39 is 5.54 Å². The Bertz CT molecular complexity index is 273. The second-order valence-electron chi connectivity index (χ2n) is 6.17. The van der Waals surface area contributed by atoms with Crippen molar-refractivity contribution in [3.8, 4) is 0 Å². The zero-order valence-electron chi connectivity index (χ0n) is 13.2. The van der Waals surface area contributed by atoms with E-state index in [1.807, 2.05) is 0 Å². The van der Waals surface area contributed by atoms with Gasteiger partial charge in [-0.15, -0.1) is 0 Å². The second kappa shape index (κ2) is 9.35. The van der Waals surface area contributed by atoms with E-state index in [1.54, 1.807) is 13.8 Å². The lowest BCUT2D eigenvalue weighted by Crippen LogP contribution is -2.46. The van der Waals surface area contributed by atoms with E-state index in [-0.39, 0.29) is 5.97 Å². The molecule has 1 atom stereocenters. The van der Waals surface area contributed by atoms with Crippen LogP contribution in [0.5, 0.6) is 0 Å². The van der Waals surface area contributed by atoms with Gasteiger partial charge in [0.25, 0.3) is 0 Å². The van der Waals surface area contributed by atoms with Crippen LogP contribution in [0.25, 0.3) is 0 Å². The van der Waals surface area contributed by atoms with Gasteiger partial charge < -0.3 is 15.2 Å². The quantitative estimate of drug-likeness (QED) is 0.522. The molecule has 1 rings (SSSR count). The Kier molecular flexibility index (Phi) is 8.15. The van der Waals surface area contributed by atoms with E-state index in [2.05, 4.69) is 0 Å². The van der Waals surface area contributed by atoms with E-state index in [4.69, 9.17) is 15.2 Å². The fourth-order valence-corrected chi connectivity index (χ4v) is 2.70. The van der Waals surface area contributed by atoms with Crippen LogP contribution in [0.2, 0.25) is 0 Å². The minimum absolute atomic E-state index is 0.303. The molecule has 0 aromatic rings. The van der Waals surface area contributed by atoms with Crippen LogP contribution in [0.15, 0.2) is 0 Å². The van der Waals surface area contributed by atoms with Gasteiger partial charge in [-0.25, -0.2) is 0 Å². The summed E-state index contributed by atoms with van der Waals surface area (Å²) in [7, 11) is 0. The fourth-order valence-electron chi connectivity index (χ4n) is 2.70. The van der Waals surface area contributed by atoms with Crippen LogP contribution in [-0.2, 0) is 14.3 Å². The van der Waals surface area contributed by atoms with Gasteiger partial charge in [-0.2, -0.15) is 0 Å². The van der Waals surface area contributed by atoms with Crippen LogP contribution in [-0.4, -0.2) is 31.3 Å². The number of esters is 1. The van der Waals surface area contributed by atoms with Crippen LogP contribution in [0.3, 0.4) is 0 Å². The highest BCUT2D eigenvalue weighted by Crippen LogP contribution is 2.23. The molecule has 0 aliphatic heterocycles. The Hall–Kier alpha value is -0.610. The lowest BCUT2D eigenvalue weighted by molar-refractivity contribution is -0.149. The molecule has 1 aliphatic rings. The van der Waals surface area contributed by atoms with E-state index in [9.17, 15) is 4.79 Å². The van der Waals surface area contributed by atoms with Gasteiger partial charge in [0.05, 0.1) is 6.61 Å². The minimum atomic E-state index is -0.862. The summed E-state index contributed by atoms with van der Waals surface area (Å²) in [6.45, 7) is 5.60. The van der Waals surface area contributed by atoms with Gasteiger partial charge in [0.15, 0.2) is 0 Å². The molecule has 1 aliphatic carbocycles. The maximum Gasteiger partial charge on any atom is 0.325 e. The Morgan fingerprint density at radius 3 is 2.60 bits per heavy atom. The first-order valence-electron chi connectivity index (χ1n) is 8.10. The monoisotopic (exact) mass is 285 g/mol. The summed E-state index contributed by atoms with van der Waals surface area (Å²) in [5, 5.41) is 0. The van der Waals surface area contributed by atoms with Crippen molar-refractivity contribution in [3.63, 3.8) is 0 Å². The average Bonchev–Trinajstić information content (AvgIpc) is 2.44. The van der Waals surface area contributed by atoms with Crippen LogP contribution >= 0.6 is 0 Å². The van der Waals surface area contributed by atoms with Gasteiger partial charge in [0.1, 0.15) is 5.54 Å². The number of carbonyl (C=O) groups is 1. The topological polar surface area (TPSA) is 61.5 Å². The molecular weight excluding hydrogens is 254 g/mol. The van der Waals surface area contributed by atoms with Gasteiger partial charge in [0.2, 0.25) is 0 Å². The summed E-state index contributed by atoms with van der Waals surface area (Å²) in [5.41, 5.74) is 5.10. The molecular formula is C16H31NO3. The van der Waals surface area contributed by atoms with Crippen LogP contribution < -0.4 is 5.73 Å². The summed E-state index contributed by atoms with van der Waals surface area (Å²) < 4.78 is 10.7. The van der Waals surface area contributed by atoms with E-state index in [1.165, 1.54) is 32.1 Å². The predicted octanol–water partition coefficient (Wildman–Crippen LogP) is 3.03. The maximum atomic E-state index is 11.6. The zero-order valence-corrected chi connectivity index (χ0v) is 13.2. The molecule has 4 heteroatoms. The normalized spacial score (nSPS) is 19.6. The number of hydrogen-bond donors (Lipinski definition) is 1. The zero-order chi connectivity index (χ0) is 14.8. The molecule has 1 unspecified atom stereocenters. The lowest BCUT2D eigenvalue weighted by Gasteiger charge is -2.22. The molecule has 0 saturated heterocycles. The third-order valence-corrected chi connectivity index (χ3v) is 4.05. The Balaban J connectivity index is 2.02. The van der Waals surface area contributed by atoms with Gasteiger partial charge >= 0.3 is 5.97 Å². The SMILES string of the molecule is CCOC(=O)C(C)(N)CCCCOCC1CCCCC1. The van der Waals surface area contributed by atoms with Crippen LogP contribution in [0, 0.1) is 5.92 Å². The third-order valence-electron chi connectivity index (χ3n) is 4.05. The number of rotatable bonds is 9. The van der Waals surface area contributed by atoms with Crippen molar-refractivity contribution in [2.45, 2.75) is 70.8 Å². The first-order chi connectivity index (χ1) is 9.56. The highest BCUT2D eigenvalue weighted by Gasteiger charge is 2.28. The Morgan fingerprint density at radius 2 is 1.95 bits per heavy atom. The van der Waals surface area contributed by atoms with Crippen molar-refractivity contribution in [3.05, 3.63) is 0 Å². The highest BCUT2D eigenvalue weighted by molar-refractivity contribution is 5.79. The predicted molar refractivity (Wildman–Crippen MR) is 80.5 cm³/mol. The lowest BCUT2D eigenvalue weighted by atomic mass is 9.90. The van der Waals surface area contributed by atoms with Crippen molar-refractivity contribution in [1.82, 2.24) is 0 Å². The van der Waals surface area contributed by atoms with Crippen LogP contribution in [0.1, 0.15) is 65.2 Å². The van der Waals surface area contributed by atoms with Gasteiger partial charge in [0, 0.05) is 13.2 Å². The third kappa shape index (κ3) is 6.71. The second-order valence-corrected chi connectivity index (χ2v) is 6.17. The van der Waals surface area contributed by atoms with Gasteiger partial charge in [-0.3, -0.25) is 4.79 Å². The largest absolute Gasteiger partial charge is 0.465 e. The number of ether oxygens (including phenoxy) is 2. The first kappa shape index (κ1) is 17.4. The minimum Gasteiger partial charge on any atom is -0.465 e. The summed E-state index contributed by atoms with van der Waals surface area (Å²) in [5.74, 6) is 0.464. The van der Waals surface area contributed by atoms with Crippen molar-refractivity contribution < 1.29 is 14.3 Å². The Labute approximate surface area is 123 Å². The summed E-state index contributed by atoms with van der Waals surface area (Å²) >= 11 is 0. The molecule has 0 heterocycles. The molecule has 1 saturated carbocycles. The van der Waals surface area contributed by atoms with Crippen molar-refractivity contribution >= 4 is 5.97 Å². The average molecular weight is 285 g/mol. The standard InChI is InChI=1S/C16H31NO3/c1-3-20-15(18)16(2,17)11-7-8-12-19-13-14-9-5-4-6-10-14/h14H,3-13,17H2,1-2H3. The fraction of sp³-hybridized carbons (Fsp3) is 0.938. The highest BCUT2D eigenvalue weighted by atomic mass is 16.5. The molecule has 0 bridgehead atoms. The number of nitrogens with two attached hydrogens (primary N) is 1. The number of unbranched alkanes of at least 4 members (excludes halogenated alkanes) is 1. The van der Waals surface area contributed by atoms with Gasteiger partial charge in [-0.05, 0) is 51.9 Å². The number of carbonyl (C=O) groups excluding carboxylic acids is 1. The van der Waals surface area contributed by atoms with Gasteiger partial charge in [-0.1, -0.05) is 19.3 Å². The van der Waals surface area contributed by atoms with E-state index in [0.29, 0.717) is 13.0 Å². The van der Waals surface area contributed by atoms with Crippen LogP contribution in [0.4, 0.5) is 0 Å². The molecule has 0 aromatic heterocycles. The smallest absolute Gasteiger partial charge is 0.325 e. The molecule has 4 nitrogen and oxygen atoms in total. The molecule has 118 valence electrons. The molecule has 1 fully saturated rings. The molecule has 20 heavy (non-hydrogen) atoms. The molecule has 0 spiro atoms. The van der Waals surface area contributed by atoms with E-state index >= 15 is 0 Å². The van der Waals surface area contributed by atoms with Crippen molar-refractivity contribution in [2.75, 3.05) is 19.8 Å². The van der Waals surface area contributed by atoms with Crippen molar-refractivity contribution in [1.29, 1.82) is 0 Å². The van der Waals surface area contributed by atoms with E-state index in [0.717, 1.165) is 32.0 Å². The molecule has 2 N–H and O–H groups in total. The summed E-state index contributed by atoms with van der Waals surface area (Å²) in [6, 6.07) is 0. The number of hydrogen-bond acceptors (Lipinski definition) is 4. The van der Waals surface area contributed by atoms with Crippen molar-refractivity contribution in [2.24, 2.45) is 11.7 Å². The first-order valence-corrected chi connectivity index (χ1v) is 8.10. The maximum absolute atomic E-state index is 11.6. The summed E-state index contributed by atoms with van der Waals surface area (Å²) in [4.78, 5) is 11.6. The molecule has 0 amide bonds.